The predicted octanol–water partition coefficient (Wildman–Crippen LogP) is 2.67. The number of hydrogen-bond acceptors (Lipinski definition) is 3. The highest BCUT2D eigenvalue weighted by Gasteiger charge is 2.28. The van der Waals surface area contributed by atoms with Gasteiger partial charge in [0.15, 0.2) is 0 Å². The summed E-state index contributed by atoms with van der Waals surface area (Å²) >= 11 is 3.42. The minimum atomic E-state index is 0. The molecule has 1 atom stereocenters. The molecule has 6 heteroatoms. The Kier molecular flexibility index (Phi) is 6.10. The SMILES string of the molecule is COc1ccc(Br)c(NC(=O)C(C)C2CNC2)c1.Cl. The number of nitrogens with one attached hydrogen (secondary N) is 2. The van der Waals surface area contributed by atoms with E-state index in [0.717, 1.165) is 29.0 Å². The van der Waals surface area contributed by atoms with Crippen LogP contribution in [0.4, 0.5) is 5.69 Å². The summed E-state index contributed by atoms with van der Waals surface area (Å²) in [6.07, 6.45) is 0. The first kappa shape index (κ1) is 16.3. The van der Waals surface area contributed by atoms with Crippen LogP contribution in [0.5, 0.6) is 5.75 Å². The molecule has 106 valence electrons. The molecule has 0 bridgehead atoms. The lowest BCUT2D eigenvalue weighted by Gasteiger charge is -2.31. The molecule has 1 aliphatic heterocycles. The van der Waals surface area contributed by atoms with Crippen LogP contribution in [0.15, 0.2) is 22.7 Å². The molecule has 1 aliphatic rings. The van der Waals surface area contributed by atoms with Gasteiger partial charge in [-0.15, -0.1) is 12.4 Å². The second-order valence-corrected chi connectivity index (χ2v) is 5.40. The Bertz CT molecular complexity index is 452. The molecule has 1 amide bonds. The summed E-state index contributed by atoms with van der Waals surface area (Å²) < 4.78 is 6.01. The average Bonchev–Trinajstić information content (AvgIpc) is 2.29. The van der Waals surface area contributed by atoms with Crippen molar-refractivity contribution in [1.82, 2.24) is 5.32 Å². The van der Waals surface area contributed by atoms with Gasteiger partial charge in [-0.2, -0.15) is 0 Å². The van der Waals surface area contributed by atoms with E-state index >= 15 is 0 Å². The molecule has 0 aliphatic carbocycles. The van der Waals surface area contributed by atoms with Gasteiger partial charge >= 0.3 is 0 Å². The van der Waals surface area contributed by atoms with Gasteiger partial charge < -0.3 is 15.4 Å². The zero-order valence-corrected chi connectivity index (χ0v) is 13.3. The quantitative estimate of drug-likeness (QED) is 0.878. The Morgan fingerprint density at radius 1 is 1.53 bits per heavy atom. The number of carbonyl (C=O) groups excluding carboxylic acids is 1. The Balaban J connectivity index is 0.00000180. The van der Waals surface area contributed by atoms with E-state index in [-0.39, 0.29) is 24.2 Å². The number of anilines is 1. The Morgan fingerprint density at radius 3 is 2.74 bits per heavy atom. The van der Waals surface area contributed by atoms with Gasteiger partial charge in [0.25, 0.3) is 0 Å². The van der Waals surface area contributed by atoms with Crippen molar-refractivity contribution in [3.05, 3.63) is 22.7 Å². The summed E-state index contributed by atoms with van der Waals surface area (Å²) in [5.41, 5.74) is 0.749. The Morgan fingerprint density at radius 2 is 2.21 bits per heavy atom. The largest absolute Gasteiger partial charge is 0.497 e. The summed E-state index contributed by atoms with van der Waals surface area (Å²) in [4.78, 5) is 12.1. The molecule has 1 aromatic rings. The fourth-order valence-electron chi connectivity index (χ4n) is 1.85. The summed E-state index contributed by atoms with van der Waals surface area (Å²) in [5.74, 6) is 1.24. The second kappa shape index (κ2) is 7.12. The first-order valence-corrected chi connectivity index (χ1v) is 6.76. The second-order valence-electron chi connectivity index (χ2n) is 4.54. The highest BCUT2D eigenvalue weighted by molar-refractivity contribution is 9.10. The fraction of sp³-hybridized carbons (Fsp3) is 0.462. The number of methoxy groups -OCH3 is 1. The lowest BCUT2D eigenvalue weighted by Crippen LogP contribution is -2.48. The minimum Gasteiger partial charge on any atom is -0.497 e. The molecule has 0 spiro atoms. The molecule has 0 radical (unpaired) electrons. The van der Waals surface area contributed by atoms with Crippen LogP contribution in [0.25, 0.3) is 0 Å². The number of carbonyl (C=O) groups is 1. The highest BCUT2D eigenvalue weighted by atomic mass is 79.9. The maximum absolute atomic E-state index is 12.1. The molecule has 1 heterocycles. The van der Waals surface area contributed by atoms with Gasteiger partial charge in [-0.05, 0) is 47.1 Å². The van der Waals surface area contributed by atoms with Gasteiger partial charge in [-0.3, -0.25) is 4.79 Å². The topological polar surface area (TPSA) is 50.4 Å². The van der Waals surface area contributed by atoms with Crippen LogP contribution in [0.1, 0.15) is 6.92 Å². The monoisotopic (exact) mass is 348 g/mol. The molecule has 1 saturated heterocycles. The van der Waals surface area contributed by atoms with Crippen molar-refractivity contribution >= 4 is 39.9 Å². The van der Waals surface area contributed by atoms with E-state index in [9.17, 15) is 4.79 Å². The number of halogens is 2. The van der Waals surface area contributed by atoms with Gasteiger partial charge in [0.2, 0.25) is 5.91 Å². The lowest BCUT2D eigenvalue weighted by molar-refractivity contribution is -0.121. The van der Waals surface area contributed by atoms with Crippen molar-refractivity contribution in [3.8, 4) is 5.75 Å². The third-order valence-corrected chi connectivity index (χ3v) is 4.06. The van der Waals surface area contributed by atoms with Crippen molar-refractivity contribution in [3.63, 3.8) is 0 Å². The zero-order valence-electron chi connectivity index (χ0n) is 10.9. The smallest absolute Gasteiger partial charge is 0.227 e. The molecule has 1 unspecified atom stereocenters. The van der Waals surface area contributed by atoms with Gasteiger partial charge in [0, 0.05) is 16.5 Å². The van der Waals surface area contributed by atoms with Crippen LogP contribution < -0.4 is 15.4 Å². The van der Waals surface area contributed by atoms with Crippen molar-refractivity contribution in [2.75, 3.05) is 25.5 Å². The van der Waals surface area contributed by atoms with Crippen molar-refractivity contribution in [2.45, 2.75) is 6.92 Å². The van der Waals surface area contributed by atoms with E-state index in [4.69, 9.17) is 4.74 Å². The van der Waals surface area contributed by atoms with Crippen LogP contribution in [-0.4, -0.2) is 26.1 Å². The predicted molar refractivity (Wildman–Crippen MR) is 82.1 cm³/mol. The average molecular weight is 350 g/mol. The molecule has 1 fully saturated rings. The van der Waals surface area contributed by atoms with Gasteiger partial charge in [-0.1, -0.05) is 6.92 Å². The fourth-order valence-corrected chi connectivity index (χ4v) is 2.20. The van der Waals surface area contributed by atoms with E-state index in [2.05, 4.69) is 26.6 Å². The molecule has 1 aromatic carbocycles. The summed E-state index contributed by atoms with van der Waals surface area (Å²) in [5, 5.41) is 6.12. The van der Waals surface area contributed by atoms with Crippen LogP contribution in [0, 0.1) is 11.8 Å². The third kappa shape index (κ3) is 3.84. The number of hydrogen-bond donors (Lipinski definition) is 2. The molecule has 2 N–H and O–H groups in total. The van der Waals surface area contributed by atoms with E-state index in [0.29, 0.717) is 5.92 Å². The third-order valence-electron chi connectivity index (χ3n) is 3.37. The number of rotatable bonds is 4. The normalized spacial score (nSPS) is 15.9. The first-order valence-electron chi connectivity index (χ1n) is 5.97. The minimum absolute atomic E-state index is 0. The van der Waals surface area contributed by atoms with E-state index < -0.39 is 0 Å². The van der Waals surface area contributed by atoms with Gasteiger partial charge in [0.05, 0.1) is 12.8 Å². The van der Waals surface area contributed by atoms with Crippen LogP contribution >= 0.6 is 28.3 Å². The maximum Gasteiger partial charge on any atom is 0.227 e. The van der Waals surface area contributed by atoms with Crippen LogP contribution in [0.3, 0.4) is 0 Å². The summed E-state index contributed by atoms with van der Waals surface area (Å²) in [7, 11) is 1.61. The van der Waals surface area contributed by atoms with Crippen molar-refractivity contribution in [1.29, 1.82) is 0 Å². The molecule has 0 saturated carbocycles. The molecular formula is C13H18BrClN2O2. The molecule has 19 heavy (non-hydrogen) atoms. The standard InChI is InChI=1S/C13H17BrN2O2.ClH/c1-8(9-6-15-7-9)13(17)16-12-5-10(18-2)3-4-11(12)14;/h3-5,8-9,15H,6-7H2,1-2H3,(H,16,17);1H. The number of benzene rings is 1. The maximum atomic E-state index is 12.1. The van der Waals surface area contributed by atoms with E-state index in [1.807, 2.05) is 25.1 Å². The molecule has 2 rings (SSSR count). The van der Waals surface area contributed by atoms with Crippen LogP contribution in [-0.2, 0) is 4.79 Å². The Hall–Kier alpha value is -0.780. The van der Waals surface area contributed by atoms with Gasteiger partial charge in [-0.25, -0.2) is 0 Å². The van der Waals surface area contributed by atoms with Crippen LogP contribution in [0.2, 0.25) is 0 Å². The summed E-state index contributed by atoms with van der Waals surface area (Å²) in [6.45, 7) is 3.82. The Labute approximate surface area is 127 Å². The first-order chi connectivity index (χ1) is 8.61. The number of amides is 1. The van der Waals surface area contributed by atoms with E-state index in [1.54, 1.807) is 7.11 Å². The zero-order chi connectivity index (χ0) is 13.1. The summed E-state index contributed by atoms with van der Waals surface area (Å²) in [6, 6.07) is 5.52. The lowest BCUT2D eigenvalue weighted by atomic mass is 9.88. The molecule has 4 nitrogen and oxygen atoms in total. The van der Waals surface area contributed by atoms with E-state index in [1.165, 1.54) is 0 Å². The van der Waals surface area contributed by atoms with Crippen molar-refractivity contribution in [2.24, 2.45) is 11.8 Å². The van der Waals surface area contributed by atoms with Gasteiger partial charge in [0.1, 0.15) is 5.75 Å². The molecule has 0 aromatic heterocycles. The highest BCUT2D eigenvalue weighted by Crippen LogP contribution is 2.28. The van der Waals surface area contributed by atoms with Crippen molar-refractivity contribution < 1.29 is 9.53 Å². The molecular weight excluding hydrogens is 332 g/mol. The number of ether oxygens (including phenoxy) is 1.